The number of fused-ring (bicyclic) bond motifs is 1. The van der Waals surface area contributed by atoms with Gasteiger partial charge in [-0.25, -0.2) is 9.50 Å². The molecule has 0 aliphatic heterocycles. The Kier molecular flexibility index (Phi) is 5.01. The van der Waals surface area contributed by atoms with Crippen molar-refractivity contribution < 1.29 is 0 Å². The van der Waals surface area contributed by atoms with Crippen molar-refractivity contribution in [3.05, 3.63) is 81.2 Å². The summed E-state index contributed by atoms with van der Waals surface area (Å²) in [4.78, 5) is 9.34. The minimum Gasteiger partial charge on any atom is -0.304 e. The third kappa shape index (κ3) is 3.91. The van der Waals surface area contributed by atoms with E-state index in [0.29, 0.717) is 6.54 Å². The third-order valence-electron chi connectivity index (χ3n) is 4.70. The van der Waals surface area contributed by atoms with Crippen LogP contribution in [0.2, 0.25) is 0 Å². The number of thiophene rings is 1. The minimum absolute atomic E-state index is 0.140. The minimum atomic E-state index is 0.140. The Morgan fingerprint density at radius 3 is 2.78 bits per heavy atom. The van der Waals surface area contributed by atoms with Crippen LogP contribution in [0.15, 0.2) is 47.4 Å². The Bertz CT molecular complexity index is 1030. The standard InChI is InChI=1S/C21H23N5S/c1-14-4-5-19(22-10-14)20(9-17-6-7-27-13-17)23-11-18-12-24-26-16(3)8-15(2)25-21(18)26/h4-8,10,12-13,20,23H,9,11H2,1-3H3/t20-/m0/s1. The van der Waals surface area contributed by atoms with Crippen LogP contribution < -0.4 is 5.32 Å². The van der Waals surface area contributed by atoms with E-state index >= 15 is 0 Å². The lowest BCUT2D eigenvalue weighted by molar-refractivity contribution is 0.519. The summed E-state index contributed by atoms with van der Waals surface area (Å²) in [6.45, 7) is 6.84. The molecule has 4 heterocycles. The molecule has 1 N–H and O–H groups in total. The molecule has 6 heteroatoms. The molecule has 0 aliphatic rings. The summed E-state index contributed by atoms with van der Waals surface area (Å²) < 4.78 is 1.90. The summed E-state index contributed by atoms with van der Waals surface area (Å²) in [6.07, 6.45) is 4.75. The summed E-state index contributed by atoms with van der Waals surface area (Å²) in [6, 6.07) is 8.60. The maximum absolute atomic E-state index is 4.68. The first-order valence-electron chi connectivity index (χ1n) is 9.08. The quantitative estimate of drug-likeness (QED) is 0.547. The van der Waals surface area contributed by atoms with Crippen LogP contribution in [0.3, 0.4) is 0 Å². The van der Waals surface area contributed by atoms with Crippen molar-refractivity contribution >= 4 is 17.0 Å². The van der Waals surface area contributed by atoms with E-state index in [-0.39, 0.29) is 6.04 Å². The van der Waals surface area contributed by atoms with Crippen LogP contribution in [0, 0.1) is 20.8 Å². The number of aromatic nitrogens is 4. The van der Waals surface area contributed by atoms with Crippen molar-refractivity contribution in [3.8, 4) is 0 Å². The van der Waals surface area contributed by atoms with Gasteiger partial charge in [-0.15, -0.1) is 0 Å². The molecule has 0 aromatic carbocycles. The van der Waals surface area contributed by atoms with Gasteiger partial charge in [0, 0.05) is 29.7 Å². The fourth-order valence-corrected chi connectivity index (χ4v) is 3.97. The molecular weight excluding hydrogens is 354 g/mol. The number of hydrogen-bond acceptors (Lipinski definition) is 5. The normalized spacial score (nSPS) is 12.6. The van der Waals surface area contributed by atoms with E-state index in [1.807, 2.05) is 29.9 Å². The summed E-state index contributed by atoms with van der Waals surface area (Å²) in [7, 11) is 0. The van der Waals surface area contributed by atoms with E-state index in [9.17, 15) is 0 Å². The molecular formula is C21H23N5S. The van der Waals surface area contributed by atoms with Gasteiger partial charge in [0.25, 0.3) is 0 Å². The highest BCUT2D eigenvalue weighted by Gasteiger charge is 2.16. The van der Waals surface area contributed by atoms with Gasteiger partial charge in [-0.05, 0) is 67.3 Å². The summed E-state index contributed by atoms with van der Waals surface area (Å²) >= 11 is 1.73. The molecule has 0 saturated heterocycles. The predicted octanol–water partition coefficient (Wildman–Crippen LogP) is 4.18. The molecule has 0 bridgehead atoms. The van der Waals surface area contributed by atoms with Crippen LogP contribution in [0.4, 0.5) is 0 Å². The Morgan fingerprint density at radius 2 is 2.04 bits per heavy atom. The first kappa shape index (κ1) is 17.8. The van der Waals surface area contributed by atoms with Crippen LogP contribution in [0.25, 0.3) is 5.65 Å². The molecule has 5 nitrogen and oxygen atoms in total. The molecule has 0 fully saturated rings. The predicted molar refractivity (Wildman–Crippen MR) is 109 cm³/mol. The number of hydrogen-bond donors (Lipinski definition) is 1. The first-order chi connectivity index (χ1) is 13.1. The Morgan fingerprint density at radius 1 is 1.15 bits per heavy atom. The lowest BCUT2D eigenvalue weighted by atomic mass is 10.0. The van der Waals surface area contributed by atoms with E-state index in [1.165, 1.54) is 11.1 Å². The zero-order valence-electron chi connectivity index (χ0n) is 15.8. The number of aryl methyl sites for hydroxylation is 3. The lowest BCUT2D eigenvalue weighted by Crippen LogP contribution is -2.24. The van der Waals surface area contributed by atoms with Gasteiger partial charge in [-0.2, -0.15) is 16.4 Å². The zero-order valence-corrected chi connectivity index (χ0v) is 16.6. The Labute approximate surface area is 163 Å². The summed E-state index contributed by atoms with van der Waals surface area (Å²) in [5, 5.41) is 12.5. The number of nitrogens with one attached hydrogen (secondary N) is 1. The van der Waals surface area contributed by atoms with Gasteiger partial charge in [0.15, 0.2) is 5.65 Å². The van der Waals surface area contributed by atoms with Gasteiger partial charge in [0.2, 0.25) is 0 Å². The van der Waals surface area contributed by atoms with E-state index in [1.54, 1.807) is 11.3 Å². The van der Waals surface area contributed by atoms with Gasteiger partial charge < -0.3 is 5.32 Å². The van der Waals surface area contributed by atoms with E-state index in [0.717, 1.165) is 34.7 Å². The molecule has 0 amide bonds. The molecule has 4 aromatic heterocycles. The first-order valence-corrected chi connectivity index (χ1v) is 10.0. The SMILES string of the molecule is Cc1ccc([C@H](Cc2ccsc2)NCc2cnn3c(C)cc(C)nc23)nc1. The number of rotatable bonds is 6. The topological polar surface area (TPSA) is 55.1 Å². The number of pyridine rings is 1. The van der Waals surface area contributed by atoms with Crippen LogP contribution in [0.1, 0.15) is 39.8 Å². The van der Waals surface area contributed by atoms with Crippen LogP contribution in [0.5, 0.6) is 0 Å². The largest absolute Gasteiger partial charge is 0.304 e. The van der Waals surface area contributed by atoms with Crippen molar-refractivity contribution in [1.82, 2.24) is 24.9 Å². The Balaban J connectivity index is 1.59. The summed E-state index contributed by atoms with van der Waals surface area (Å²) in [5.41, 5.74) is 7.69. The average Bonchev–Trinajstić information content (AvgIpc) is 3.29. The second kappa shape index (κ2) is 7.58. The maximum atomic E-state index is 4.68. The fraction of sp³-hybridized carbons (Fsp3) is 0.286. The molecule has 0 radical (unpaired) electrons. The summed E-state index contributed by atoms with van der Waals surface area (Å²) in [5.74, 6) is 0. The van der Waals surface area contributed by atoms with E-state index in [4.69, 9.17) is 0 Å². The third-order valence-corrected chi connectivity index (χ3v) is 5.43. The molecule has 4 rings (SSSR count). The van der Waals surface area contributed by atoms with Crippen LogP contribution >= 0.6 is 11.3 Å². The Hall–Kier alpha value is -2.57. The second-order valence-electron chi connectivity index (χ2n) is 6.97. The monoisotopic (exact) mass is 377 g/mol. The molecule has 138 valence electrons. The fourth-order valence-electron chi connectivity index (χ4n) is 3.28. The molecule has 0 unspecified atom stereocenters. The van der Waals surface area contributed by atoms with Crippen molar-refractivity contribution in [1.29, 1.82) is 0 Å². The lowest BCUT2D eigenvalue weighted by Gasteiger charge is -2.18. The highest BCUT2D eigenvalue weighted by atomic mass is 32.1. The zero-order chi connectivity index (χ0) is 18.8. The van der Waals surface area contributed by atoms with Gasteiger partial charge in [0.1, 0.15) is 0 Å². The molecule has 1 atom stereocenters. The van der Waals surface area contributed by atoms with E-state index < -0.39 is 0 Å². The van der Waals surface area contributed by atoms with Crippen molar-refractivity contribution in [3.63, 3.8) is 0 Å². The van der Waals surface area contributed by atoms with Gasteiger partial charge >= 0.3 is 0 Å². The average molecular weight is 378 g/mol. The van der Waals surface area contributed by atoms with Gasteiger partial charge in [-0.1, -0.05) is 6.07 Å². The van der Waals surface area contributed by atoms with Crippen molar-refractivity contribution in [2.75, 3.05) is 0 Å². The van der Waals surface area contributed by atoms with Gasteiger partial charge in [0.05, 0.1) is 17.9 Å². The number of nitrogens with zero attached hydrogens (tertiary/aromatic N) is 4. The van der Waals surface area contributed by atoms with E-state index in [2.05, 4.69) is 63.2 Å². The molecule has 4 aromatic rings. The van der Waals surface area contributed by atoms with Crippen molar-refractivity contribution in [2.45, 2.75) is 39.8 Å². The molecule has 0 aliphatic carbocycles. The maximum Gasteiger partial charge on any atom is 0.159 e. The van der Waals surface area contributed by atoms with Crippen LogP contribution in [-0.4, -0.2) is 19.6 Å². The van der Waals surface area contributed by atoms with Crippen LogP contribution in [-0.2, 0) is 13.0 Å². The molecule has 0 spiro atoms. The molecule has 27 heavy (non-hydrogen) atoms. The molecule has 0 saturated carbocycles. The van der Waals surface area contributed by atoms with Gasteiger partial charge in [-0.3, -0.25) is 4.98 Å². The smallest absolute Gasteiger partial charge is 0.159 e. The second-order valence-corrected chi connectivity index (χ2v) is 7.75. The highest BCUT2D eigenvalue weighted by Crippen LogP contribution is 2.20. The highest BCUT2D eigenvalue weighted by molar-refractivity contribution is 7.07. The van der Waals surface area contributed by atoms with Crippen molar-refractivity contribution in [2.24, 2.45) is 0 Å².